The van der Waals surface area contributed by atoms with Gasteiger partial charge in [-0.2, -0.15) is 0 Å². The summed E-state index contributed by atoms with van der Waals surface area (Å²) in [6.45, 7) is 6.10. The molecule has 1 unspecified atom stereocenters. The van der Waals surface area contributed by atoms with Crippen LogP contribution >= 0.6 is 0 Å². The molecule has 0 aliphatic rings. The Bertz CT molecular complexity index is 563. The fourth-order valence-electron chi connectivity index (χ4n) is 1.85. The van der Waals surface area contributed by atoms with E-state index in [4.69, 9.17) is 0 Å². The third kappa shape index (κ3) is 4.80. The van der Waals surface area contributed by atoms with E-state index in [0.717, 1.165) is 0 Å². The maximum absolute atomic E-state index is 12.1. The summed E-state index contributed by atoms with van der Waals surface area (Å²) in [6.07, 6.45) is -0.654. The van der Waals surface area contributed by atoms with Crippen molar-refractivity contribution in [1.29, 1.82) is 0 Å². The van der Waals surface area contributed by atoms with Gasteiger partial charge in [-0.1, -0.05) is 12.1 Å². The predicted octanol–water partition coefficient (Wildman–Crippen LogP) is 0.887. The molecule has 1 rings (SSSR count). The number of likely N-dealkylation sites (N-methyl/N-ethyl adjacent to an activating group) is 1. The van der Waals surface area contributed by atoms with Crippen molar-refractivity contribution in [3.8, 4) is 0 Å². The lowest BCUT2D eigenvalue weighted by molar-refractivity contribution is -0.129. The summed E-state index contributed by atoms with van der Waals surface area (Å²) >= 11 is 0. The van der Waals surface area contributed by atoms with Gasteiger partial charge >= 0.3 is 0 Å². The minimum absolute atomic E-state index is 0.0687. The van der Waals surface area contributed by atoms with Crippen molar-refractivity contribution in [3.05, 3.63) is 29.8 Å². The Morgan fingerprint density at radius 2 is 1.76 bits per heavy atom. The van der Waals surface area contributed by atoms with Crippen LogP contribution in [0.3, 0.4) is 0 Å². The second-order valence-corrected chi connectivity index (χ2v) is 6.40. The van der Waals surface area contributed by atoms with Gasteiger partial charge < -0.3 is 10.0 Å². The number of benzene rings is 1. The molecule has 1 amide bonds. The Labute approximate surface area is 125 Å². The molecule has 6 nitrogen and oxygen atoms in total. The summed E-state index contributed by atoms with van der Waals surface area (Å²) in [5.74, 6) is -0.260. The van der Waals surface area contributed by atoms with Crippen LogP contribution in [0.25, 0.3) is 0 Å². The van der Waals surface area contributed by atoms with E-state index in [0.29, 0.717) is 18.7 Å². The Kier molecular flexibility index (Phi) is 6.32. The van der Waals surface area contributed by atoms with Crippen molar-refractivity contribution in [2.45, 2.75) is 31.8 Å². The van der Waals surface area contributed by atoms with Crippen LogP contribution in [-0.2, 0) is 14.8 Å². The first-order chi connectivity index (χ1) is 9.81. The van der Waals surface area contributed by atoms with Crippen LogP contribution in [0.1, 0.15) is 32.4 Å². The molecule has 1 atom stereocenters. The molecule has 0 spiro atoms. The molecular formula is C14H22N2O4S. The average molecular weight is 314 g/mol. The number of rotatable bonds is 7. The first-order valence-corrected chi connectivity index (χ1v) is 8.35. The highest BCUT2D eigenvalue weighted by molar-refractivity contribution is 7.89. The van der Waals surface area contributed by atoms with Gasteiger partial charge in [0.1, 0.15) is 0 Å². The smallest absolute Gasteiger partial charge is 0.241 e. The Hall–Kier alpha value is -1.44. The van der Waals surface area contributed by atoms with Crippen molar-refractivity contribution in [2.75, 3.05) is 19.6 Å². The number of hydrogen-bond acceptors (Lipinski definition) is 4. The average Bonchev–Trinajstić information content (AvgIpc) is 2.46. The van der Waals surface area contributed by atoms with Crippen molar-refractivity contribution >= 4 is 15.9 Å². The Morgan fingerprint density at radius 3 is 2.19 bits per heavy atom. The molecule has 0 aliphatic carbocycles. The molecule has 118 valence electrons. The minimum atomic E-state index is -3.73. The molecule has 0 saturated heterocycles. The molecule has 0 aliphatic heterocycles. The summed E-state index contributed by atoms with van der Waals surface area (Å²) in [5, 5.41) is 9.39. The second kappa shape index (κ2) is 7.53. The van der Waals surface area contributed by atoms with Crippen molar-refractivity contribution < 1.29 is 18.3 Å². The zero-order valence-electron chi connectivity index (χ0n) is 12.5. The van der Waals surface area contributed by atoms with Gasteiger partial charge in [0.15, 0.2) is 0 Å². The quantitative estimate of drug-likeness (QED) is 0.782. The molecule has 2 N–H and O–H groups in total. The van der Waals surface area contributed by atoms with Gasteiger partial charge in [-0.25, -0.2) is 13.1 Å². The standard InChI is InChI=1S/C14H22N2O4S/c1-4-16(5-2)14(18)10-15-21(19,20)13-8-6-12(7-9-13)11(3)17/h6-9,11,15,17H,4-5,10H2,1-3H3. The Morgan fingerprint density at radius 1 is 1.24 bits per heavy atom. The van der Waals surface area contributed by atoms with E-state index in [1.165, 1.54) is 12.1 Å². The molecule has 1 aromatic rings. The van der Waals surface area contributed by atoms with E-state index in [2.05, 4.69) is 4.72 Å². The highest BCUT2D eigenvalue weighted by atomic mass is 32.2. The number of sulfonamides is 1. The highest BCUT2D eigenvalue weighted by Gasteiger charge is 2.17. The van der Waals surface area contributed by atoms with E-state index in [1.807, 2.05) is 13.8 Å². The monoisotopic (exact) mass is 314 g/mol. The van der Waals surface area contributed by atoms with Gasteiger partial charge in [-0.15, -0.1) is 0 Å². The lowest BCUT2D eigenvalue weighted by Gasteiger charge is -2.18. The number of carbonyl (C=O) groups is 1. The first-order valence-electron chi connectivity index (χ1n) is 6.87. The van der Waals surface area contributed by atoms with Gasteiger partial charge in [-0.05, 0) is 38.5 Å². The number of nitrogens with zero attached hydrogens (tertiary/aromatic N) is 1. The largest absolute Gasteiger partial charge is 0.389 e. The molecule has 7 heteroatoms. The Balaban J connectivity index is 2.75. The summed E-state index contributed by atoms with van der Waals surface area (Å²) < 4.78 is 26.4. The topological polar surface area (TPSA) is 86.7 Å². The number of carbonyl (C=O) groups excluding carboxylic acids is 1. The third-order valence-electron chi connectivity index (χ3n) is 3.20. The van der Waals surface area contributed by atoms with Crippen LogP contribution < -0.4 is 4.72 Å². The maximum Gasteiger partial charge on any atom is 0.241 e. The number of nitrogens with one attached hydrogen (secondary N) is 1. The molecule has 1 aromatic carbocycles. The maximum atomic E-state index is 12.1. The lowest BCUT2D eigenvalue weighted by atomic mass is 10.1. The molecule has 21 heavy (non-hydrogen) atoms. The van der Waals surface area contributed by atoms with Crippen LogP contribution in [0.4, 0.5) is 0 Å². The van der Waals surface area contributed by atoms with Crippen molar-refractivity contribution in [1.82, 2.24) is 9.62 Å². The van der Waals surface area contributed by atoms with Crippen molar-refractivity contribution in [2.24, 2.45) is 0 Å². The highest BCUT2D eigenvalue weighted by Crippen LogP contribution is 2.15. The predicted molar refractivity (Wildman–Crippen MR) is 80.2 cm³/mol. The third-order valence-corrected chi connectivity index (χ3v) is 4.62. The second-order valence-electron chi connectivity index (χ2n) is 4.64. The molecule has 0 aromatic heterocycles. The van der Waals surface area contributed by atoms with Crippen LogP contribution in [0.5, 0.6) is 0 Å². The van der Waals surface area contributed by atoms with Gasteiger partial charge in [0, 0.05) is 13.1 Å². The molecule has 0 heterocycles. The number of aliphatic hydroxyl groups excluding tert-OH is 1. The van der Waals surface area contributed by atoms with Crippen LogP contribution in [0.2, 0.25) is 0 Å². The SMILES string of the molecule is CCN(CC)C(=O)CNS(=O)(=O)c1ccc(C(C)O)cc1. The van der Waals surface area contributed by atoms with Crippen molar-refractivity contribution in [3.63, 3.8) is 0 Å². The molecule has 0 fully saturated rings. The molecule has 0 radical (unpaired) electrons. The fraction of sp³-hybridized carbons (Fsp3) is 0.500. The van der Waals surface area contributed by atoms with Gasteiger partial charge in [0.05, 0.1) is 17.5 Å². The number of amides is 1. The number of aliphatic hydroxyl groups is 1. The van der Waals surface area contributed by atoms with E-state index in [9.17, 15) is 18.3 Å². The zero-order chi connectivity index (χ0) is 16.0. The molecule has 0 saturated carbocycles. The molecular weight excluding hydrogens is 292 g/mol. The minimum Gasteiger partial charge on any atom is -0.389 e. The van der Waals surface area contributed by atoms with E-state index in [-0.39, 0.29) is 17.3 Å². The van der Waals surface area contributed by atoms with Crippen LogP contribution in [0, 0.1) is 0 Å². The summed E-state index contributed by atoms with van der Waals surface area (Å²) in [5.41, 5.74) is 0.633. The van der Waals surface area contributed by atoms with E-state index >= 15 is 0 Å². The zero-order valence-corrected chi connectivity index (χ0v) is 13.4. The van der Waals surface area contributed by atoms with Crippen LogP contribution in [0.15, 0.2) is 29.2 Å². The molecule has 0 bridgehead atoms. The van der Waals surface area contributed by atoms with E-state index in [1.54, 1.807) is 24.0 Å². The van der Waals surface area contributed by atoms with Crippen LogP contribution in [-0.4, -0.2) is 44.0 Å². The first kappa shape index (κ1) is 17.6. The summed E-state index contributed by atoms with van der Waals surface area (Å²) in [7, 11) is -3.73. The summed E-state index contributed by atoms with van der Waals surface area (Å²) in [6, 6.07) is 5.91. The van der Waals surface area contributed by atoms with Gasteiger partial charge in [0.2, 0.25) is 15.9 Å². The normalized spacial score (nSPS) is 13.0. The number of hydrogen-bond donors (Lipinski definition) is 2. The fourth-order valence-corrected chi connectivity index (χ4v) is 2.83. The summed E-state index contributed by atoms with van der Waals surface area (Å²) in [4.78, 5) is 13.4. The van der Waals surface area contributed by atoms with Gasteiger partial charge in [-0.3, -0.25) is 4.79 Å². The lowest BCUT2D eigenvalue weighted by Crippen LogP contribution is -2.39. The van der Waals surface area contributed by atoms with E-state index < -0.39 is 16.1 Å². The van der Waals surface area contributed by atoms with Gasteiger partial charge in [0.25, 0.3) is 0 Å².